The van der Waals surface area contributed by atoms with Crippen LogP contribution in [0.5, 0.6) is 0 Å². The molecule has 0 aromatic rings. The lowest BCUT2D eigenvalue weighted by Gasteiger charge is -2.09. The minimum Gasteiger partial charge on any atom is -0.267 e. The van der Waals surface area contributed by atoms with Crippen molar-refractivity contribution in [1.82, 2.24) is 0 Å². The average molecular weight is 192 g/mol. The number of hydrogen-bond acceptors (Lipinski definition) is 3. The number of hydrogen-bond donors (Lipinski definition) is 0. The molecule has 0 aliphatic heterocycles. The van der Waals surface area contributed by atoms with Crippen LogP contribution in [0.2, 0.25) is 0 Å². The third-order valence-electron chi connectivity index (χ3n) is 1.36. The minimum atomic E-state index is -3.29. The molecule has 4 heteroatoms. The van der Waals surface area contributed by atoms with Crippen LogP contribution in [0.1, 0.15) is 26.2 Å². The van der Waals surface area contributed by atoms with Crippen LogP contribution in [-0.4, -0.2) is 20.8 Å². The molecule has 0 aromatic carbocycles. The first kappa shape index (κ1) is 11.6. The molecule has 0 spiro atoms. The molecule has 0 bridgehead atoms. The van der Waals surface area contributed by atoms with E-state index in [1.54, 1.807) is 6.92 Å². The normalized spacial score (nSPS) is 14.2. The lowest BCUT2D eigenvalue weighted by atomic mass is 10.2. The number of unbranched alkanes of at least 4 members (excludes halogenated alkanes) is 1. The summed E-state index contributed by atoms with van der Waals surface area (Å²) in [5, 5.41) is 0. The summed E-state index contributed by atoms with van der Waals surface area (Å²) in [5.41, 5.74) is 0. The summed E-state index contributed by atoms with van der Waals surface area (Å²) < 4.78 is 26.0. The van der Waals surface area contributed by atoms with Gasteiger partial charge in [-0.3, -0.25) is 4.18 Å². The van der Waals surface area contributed by atoms with Gasteiger partial charge in [-0.1, -0.05) is 6.08 Å². The monoisotopic (exact) mass is 192 g/mol. The summed E-state index contributed by atoms with van der Waals surface area (Å²) in [7, 11) is -3.29. The first-order valence-electron chi connectivity index (χ1n) is 3.95. The zero-order valence-electron chi connectivity index (χ0n) is 7.62. The van der Waals surface area contributed by atoms with Gasteiger partial charge in [-0.05, 0) is 26.2 Å². The van der Waals surface area contributed by atoms with Crippen LogP contribution in [0.4, 0.5) is 0 Å². The highest BCUT2D eigenvalue weighted by atomic mass is 32.2. The molecule has 0 fully saturated rings. The minimum absolute atomic E-state index is 0.222. The molecule has 0 saturated carbocycles. The molecule has 0 amide bonds. The summed E-state index contributed by atoms with van der Waals surface area (Å²) in [5.74, 6) is 0. The van der Waals surface area contributed by atoms with Gasteiger partial charge >= 0.3 is 0 Å². The molecule has 0 unspecified atom stereocenters. The van der Waals surface area contributed by atoms with Crippen LogP contribution in [0.25, 0.3) is 0 Å². The Balaban J connectivity index is 3.60. The maximum absolute atomic E-state index is 10.6. The van der Waals surface area contributed by atoms with Gasteiger partial charge in [0.05, 0.1) is 12.4 Å². The summed E-state index contributed by atoms with van der Waals surface area (Å²) >= 11 is 0. The molecular weight excluding hydrogens is 176 g/mol. The Hall–Kier alpha value is -0.350. The molecule has 0 heterocycles. The average Bonchev–Trinajstić information content (AvgIpc) is 1.84. The Labute approximate surface area is 74.6 Å². The molecule has 0 aromatic heterocycles. The SMILES string of the molecule is C=CCCC[C@H](C)OS(C)(=O)=O. The van der Waals surface area contributed by atoms with E-state index in [0.717, 1.165) is 25.5 Å². The Morgan fingerprint density at radius 2 is 2.17 bits per heavy atom. The van der Waals surface area contributed by atoms with E-state index in [1.807, 2.05) is 6.08 Å². The molecule has 0 aliphatic carbocycles. The summed E-state index contributed by atoms with van der Waals surface area (Å²) in [4.78, 5) is 0. The van der Waals surface area contributed by atoms with Gasteiger partial charge in [-0.25, -0.2) is 0 Å². The fourth-order valence-electron chi connectivity index (χ4n) is 0.896. The van der Waals surface area contributed by atoms with Gasteiger partial charge in [-0.2, -0.15) is 8.42 Å². The van der Waals surface area contributed by atoms with Crippen molar-refractivity contribution < 1.29 is 12.6 Å². The fourth-order valence-corrected chi connectivity index (χ4v) is 1.59. The van der Waals surface area contributed by atoms with Crippen LogP contribution in [0.15, 0.2) is 12.7 Å². The molecule has 72 valence electrons. The van der Waals surface area contributed by atoms with Crippen molar-refractivity contribution in [3.05, 3.63) is 12.7 Å². The highest BCUT2D eigenvalue weighted by molar-refractivity contribution is 7.86. The zero-order chi connectivity index (χ0) is 9.61. The Bertz CT molecular complexity index is 218. The molecular formula is C8H16O3S. The van der Waals surface area contributed by atoms with E-state index in [-0.39, 0.29) is 6.10 Å². The lowest BCUT2D eigenvalue weighted by molar-refractivity contribution is 0.218. The Morgan fingerprint density at radius 3 is 2.58 bits per heavy atom. The van der Waals surface area contributed by atoms with Gasteiger partial charge in [-0.15, -0.1) is 6.58 Å². The summed E-state index contributed by atoms with van der Waals surface area (Å²) in [6, 6.07) is 0. The van der Waals surface area contributed by atoms with Crippen molar-refractivity contribution in [1.29, 1.82) is 0 Å². The highest BCUT2D eigenvalue weighted by Crippen LogP contribution is 2.06. The van der Waals surface area contributed by atoms with Crippen molar-refractivity contribution in [2.75, 3.05) is 6.26 Å². The fraction of sp³-hybridized carbons (Fsp3) is 0.750. The molecule has 0 N–H and O–H groups in total. The maximum Gasteiger partial charge on any atom is 0.264 e. The second-order valence-electron chi connectivity index (χ2n) is 2.83. The van der Waals surface area contributed by atoms with E-state index in [9.17, 15) is 8.42 Å². The molecule has 0 aliphatic rings. The van der Waals surface area contributed by atoms with Crippen LogP contribution < -0.4 is 0 Å². The van der Waals surface area contributed by atoms with E-state index in [1.165, 1.54) is 0 Å². The first-order chi connectivity index (χ1) is 5.45. The molecule has 0 saturated heterocycles. The van der Waals surface area contributed by atoms with Gasteiger partial charge in [0.25, 0.3) is 10.1 Å². The zero-order valence-corrected chi connectivity index (χ0v) is 8.43. The predicted octanol–water partition coefficient (Wildman–Crippen LogP) is 1.71. The predicted molar refractivity (Wildman–Crippen MR) is 49.4 cm³/mol. The van der Waals surface area contributed by atoms with Crippen molar-refractivity contribution in [3.63, 3.8) is 0 Å². The number of allylic oxidation sites excluding steroid dienone is 1. The Morgan fingerprint density at radius 1 is 1.58 bits per heavy atom. The molecule has 3 nitrogen and oxygen atoms in total. The molecule has 0 rings (SSSR count). The van der Waals surface area contributed by atoms with E-state index in [0.29, 0.717) is 0 Å². The molecule has 12 heavy (non-hydrogen) atoms. The Kier molecular flexibility index (Phi) is 5.17. The van der Waals surface area contributed by atoms with Crippen molar-refractivity contribution >= 4 is 10.1 Å². The van der Waals surface area contributed by atoms with Crippen LogP contribution >= 0.6 is 0 Å². The van der Waals surface area contributed by atoms with Gasteiger partial charge in [0, 0.05) is 0 Å². The second kappa shape index (κ2) is 5.32. The standard InChI is InChI=1S/C8H16O3S/c1-4-5-6-7-8(2)11-12(3,9)10/h4,8H,1,5-7H2,2-3H3/t8-/m0/s1. The molecule has 1 atom stereocenters. The van der Waals surface area contributed by atoms with Gasteiger partial charge < -0.3 is 0 Å². The van der Waals surface area contributed by atoms with E-state index < -0.39 is 10.1 Å². The van der Waals surface area contributed by atoms with Crippen LogP contribution in [0.3, 0.4) is 0 Å². The van der Waals surface area contributed by atoms with Gasteiger partial charge in [0.1, 0.15) is 0 Å². The lowest BCUT2D eigenvalue weighted by Crippen LogP contribution is -2.13. The van der Waals surface area contributed by atoms with Gasteiger partial charge in [0.2, 0.25) is 0 Å². The maximum atomic E-state index is 10.6. The van der Waals surface area contributed by atoms with E-state index >= 15 is 0 Å². The van der Waals surface area contributed by atoms with Crippen molar-refractivity contribution in [3.8, 4) is 0 Å². The van der Waals surface area contributed by atoms with Crippen LogP contribution in [0, 0.1) is 0 Å². The van der Waals surface area contributed by atoms with Gasteiger partial charge in [0.15, 0.2) is 0 Å². The third kappa shape index (κ3) is 7.75. The first-order valence-corrected chi connectivity index (χ1v) is 5.76. The van der Waals surface area contributed by atoms with Crippen molar-refractivity contribution in [2.24, 2.45) is 0 Å². The van der Waals surface area contributed by atoms with E-state index in [4.69, 9.17) is 4.18 Å². The largest absolute Gasteiger partial charge is 0.267 e. The summed E-state index contributed by atoms with van der Waals surface area (Å²) in [6.07, 6.45) is 5.22. The second-order valence-corrected chi connectivity index (χ2v) is 4.43. The highest BCUT2D eigenvalue weighted by Gasteiger charge is 2.08. The smallest absolute Gasteiger partial charge is 0.264 e. The molecule has 0 radical (unpaired) electrons. The topological polar surface area (TPSA) is 43.4 Å². The summed E-state index contributed by atoms with van der Waals surface area (Å²) in [6.45, 7) is 5.33. The number of rotatable bonds is 6. The third-order valence-corrected chi connectivity index (χ3v) is 2.04. The van der Waals surface area contributed by atoms with E-state index in [2.05, 4.69) is 6.58 Å². The van der Waals surface area contributed by atoms with Crippen molar-refractivity contribution in [2.45, 2.75) is 32.3 Å². The van der Waals surface area contributed by atoms with Crippen LogP contribution in [-0.2, 0) is 14.3 Å². The quantitative estimate of drug-likeness (QED) is 0.365.